The Morgan fingerprint density at radius 2 is 1.75 bits per heavy atom. The average Bonchev–Trinajstić information content (AvgIpc) is 3.21. The van der Waals surface area contributed by atoms with E-state index >= 15 is 0 Å². The van der Waals surface area contributed by atoms with Crippen LogP contribution in [-0.4, -0.2) is 46.4 Å². The molecule has 2 N–H and O–H groups in total. The molecule has 3 rings (SSSR count). The molecule has 0 bridgehead atoms. The zero-order valence-corrected chi connectivity index (χ0v) is 18.3. The van der Waals surface area contributed by atoms with E-state index < -0.39 is 53.3 Å². The van der Waals surface area contributed by atoms with Crippen LogP contribution in [0.2, 0.25) is 15.3 Å². The molecule has 0 aliphatic rings. The molecule has 15 heteroatoms. The summed E-state index contributed by atoms with van der Waals surface area (Å²) in [6, 6.07) is 3.60. The van der Waals surface area contributed by atoms with Crippen molar-refractivity contribution in [2.75, 3.05) is 0 Å². The van der Waals surface area contributed by atoms with E-state index in [2.05, 4.69) is 10.1 Å². The number of benzene rings is 1. The fourth-order valence-electron chi connectivity index (χ4n) is 2.71. The molecule has 2 atom stereocenters. The fourth-order valence-corrected chi connectivity index (χ4v) is 3.37. The lowest BCUT2D eigenvalue weighted by molar-refractivity contribution is -0.207. The lowest BCUT2D eigenvalue weighted by atomic mass is 10.3. The molecular formula is C17H14Cl3F4N5O3. The van der Waals surface area contributed by atoms with Crippen LogP contribution in [0, 0.1) is 5.82 Å². The molecule has 0 fully saturated rings. The molecule has 0 aliphatic heterocycles. The van der Waals surface area contributed by atoms with Gasteiger partial charge in [-0.25, -0.2) is 18.9 Å². The lowest BCUT2D eigenvalue weighted by Gasteiger charge is -2.14. The minimum atomic E-state index is -4.98. The summed E-state index contributed by atoms with van der Waals surface area (Å²) in [6.07, 6.45) is -8.95. The highest BCUT2D eigenvalue weighted by molar-refractivity contribution is 6.40. The quantitative estimate of drug-likeness (QED) is 0.488. The van der Waals surface area contributed by atoms with Gasteiger partial charge in [0, 0.05) is 0 Å². The first-order valence-corrected chi connectivity index (χ1v) is 9.93. The summed E-state index contributed by atoms with van der Waals surface area (Å²) < 4.78 is 54.1. The second-order valence-electron chi connectivity index (χ2n) is 6.69. The summed E-state index contributed by atoms with van der Waals surface area (Å²) in [6.45, 7) is -0.222. The Morgan fingerprint density at radius 1 is 1.12 bits per heavy atom. The number of hydrogen-bond donors (Lipinski definition) is 2. The summed E-state index contributed by atoms with van der Waals surface area (Å²) in [5.74, 6) is -0.737. The summed E-state index contributed by atoms with van der Waals surface area (Å²) in [4.78, 5) is 16.8. The van der Waals surface area contributed by atoms with E-state index in [-0.39, 0.29) is 22.4 Å². The van der Waals surface area contributed by atoms with Crippen LogP contribution in [0.25, 0.3) is 5.69 Å². The van der Waals surface area contributed by atoms with Gasteiger partial charge in [-0.1, -0.05) is 34.8 Å². The molecule has 0 saturated heterocycles. The molecule has 0 amide bonds. The smallest absolute Gasteiger partial charge is 0.385 e. The molecule has 0 radical (unpaired) electrons. The van der Waals surface area contributed by atoms with Crippen LogP contribution in [0.4, 0.5) is 17.6 Å². The van der Waals surface area contributed by atoms with Gasteiger partial charge in [0.05, 0.1) is 23.8 Å². The second kappa shape index (κ2) is 9.02. The molecule has 2 heterocycles. The van der Waals surface area contributed by atoms with Gasteiger partial charge in [-0.15, -0.1) is 5.10 Å². The van der Waals surface area contributed by atoms with Crippen molar-refractivity contribution in [1.82, 2.24) is 23.9 Å². The van der Waals surface area contributed by atoms with Gasteiger partial charge in [-0.05, 0) is 25.1 Å². The highest BCUT2D eigenvalue weighted by Crippen LogP contribution is 2.26. The van der Waals surface area contributed by atoms with Gasteiger partial charge < -0.3 is 10.2 Å². The van der Waals surface area contributed by atoms with Crippen LogP contribution in [0.3, 0.4) is 0 Å². The number of hydrogen-bond acceptors (Lipinski definition) is 5. The van der Waals surface area contributed by atoms with Crippen molar-refractivity contribution < 1.29 is 27.8 Å². The van der Waals surface area contributed by atoms with Gasteiger partial charge >= 0.3 is 11.9 Å². The molecule has 32 heavy (non-hydrogen) atoms. The van der Waals surface area contributed by atoms with Crippen molar-refractivity contribution in [3.05, 3.63) is 61.5 Å². The van der Waals surface area contributed by atoms with Crippen LogP contribution in [0.5, 0.6) is 0 Å². The zero-order valence-electron chi connectivity index (χ0n) is 16.0. The third kappa shape index (κ3) is 4.79. The maximum atomic E-state index is 13.5. The number of halogens is 7. The first-order valence-electron chi connectivity index (χ1n) is 8.79. The van der Waals surface area contributed by atoms with Gasteiger partial charge in [0.15, 0.2) is 17.8 Å². The molecule has 2 aromatic heterocycles. The van der Waals surface area contributed by atoms with Crippen molar-refractivity contribution in [1.29, 1.82) is 0 Å². The van der Waals surface area contributed by atoms with E-state index in [0.29, 0.717) is 4.57 Å². The minimum absolute atomic E-state index is 0.0118. The van der Waals surface area contributed by atoms with Gasteiger partial charge in [-0.2, -0.15) is 13.2 Å². The monoisotopic (exact) mass is 517 g/mol. The van der Waals surface area contributed by atoms with Gasteiger partial charge in [0.2, 0.25) is 0 Å². The van der Waals surface area contributed by atoms with E-state index in [1.165, 1.54) is 19.1 Å². The number of nitrogens with zero attached hydrogens (tertiary/aromatic N) is 5. The minimum Gasteiger partial charge on any atom is -0.385 e. The summed E-state index contributed by atoms with van der Waals surface area (Å²) in [5.41, 5.74) is -0.818. The highest BCUT2D eigenvalue weighted by Gasteiger charge is 2.39. The molecule has 0 saturated carbocycles. The third-order valence-corrected chi connectivity index (χ3v) is 5.50. The normalized spacial score (nSPS) is 14.1. The van der Waals surface area contributed by atoms with Crippen molar-refractivity contribution in [3.63, 3.8) is 0 Å². The Kier molecular flexibility index (Phi) is 6.91. The average molecular weight is 519 g/mol. The van der Waals surface area contributed by atoms with Crippen LogP contribution in [-0.2, 0) is 13.1 Å². The van der Waals surface area contributed by atoms with Crippen molar-refractivity contribution in [2.24, 2.45) is 0 Å². The predicted octanol–water partition coefficient (Wildman–Crippen LogP) is 3.35. The highest BCUT2D eigenvalue weighted by atomic mass is 35.5. The molecule has 3 aromatic rings. The molecular weight excluding hydrogens is 505 g/mol. The van der Waals surface area contributed by atoms with E-state index in [4.69, 9.17) is 34.8 Å². The van der Waals surface area contributed by atoms with Crippen molar-refractivity contribution >= 4 is 34.8 Å². The molecule has 0 spiro atoms. The summed E-state index contributed by atoms with van der Waals surface area (Å²) in [7, 11) is 0. The van der Waals surface area contributed by atoms with E-state index in [9.17, 15) is 32.6 Å². The predicted molar refractivity (Wildman–Crippen MR) is 107 cm³/mol. The Balaban J connectivity index is 2.06. The number of rotatable bonds is 6. The number of imidazole rings is 1. The van der Waals surface area contributed by atoms with E-state index in [1.807, 2.05) is 0 Å². The van der Waals surface area contributed by atoms with E-state index in [0.717, 1.165) is 15.3 Å². The third-order valence-electron chi connectivity index (χ3n) is 4.35. The summed E-state index contributed by atoms with van der Waals surface area (Å²) >= 11 is 17.8. The standard InChI is InChI=1S/C17H14Cl3F4N5O3/c1-7(30)15-25-12(29(26-15)8-2-3-10(21)9(18)4-8)6-28-14(20)13(19)27(16(28)32)5-11(31)17(22,23)24/h2-4,7,11,30-31H,5-6H2,1H3/t7-,11-/m0/s1. The van der Waals surface area contributed by atoms with Crippen LogP contribution in [0.15, 0.2) is 23.0 Å². The fraction of sp³-hybridized carbons (Fsp3) is 0.353. The molecule has 8 nitrogen and oxygen atoms in total. The van der Waals surface area contributed by atoms with Crippen LogP contribution in [0.1, 0.15) is 24.7 Å². The van der Waals surface area contributed by atoms with E-state index in [1.54, 1.807) is 0 Å². The van der Waals surface area contributed by atoms with Crippen LogP contribution < -0.4 is 5.69 Å². The Labute approximate surface area is 192 Å². The largest absolute Gasteiger partial charge is 0.416 e. The first kappa shape index (κ1) is 24.5. The van der Waals surface area contributed by atoms with Gasteiger partial charge in [0.25, 0.3) is 0 Å². The lowest BCUT2D eigenvalue weighted by Crippen LogP contribution is -2.37. The Morgan fingerprint density at radius 3 is 2.31 bits per heavy atom. The Bertz CT molecular complexity index is 1210. The number of aliphatic hydroxyl groups excluding tert-OH is 2. The summed E-state index contributed by atoms with van der Waals surface area (Å²) in [5, 5.41) is 22.1. The molecule has 0 unspecified atom stereocenters. The number of aliphatic hydroxyl groups is 2. The zero-order chi connectivity index (χ0) is 24.0. The topological polar surface area (TPSA) is 98.1 Å². The van der Waals surface area contributed by atoms with Crippen LogP contribution >= 0.6 is 34.8 Å². The molecule has 1 aromatic carbocycles. The number of aromatic nitrogens is 5. The SMILES string of the molecule is C[C@H](O)c1nc(Cn2c(Cl)c(Cl)n(C[C@H](O)C(F)(F)F)c2=O)n(-c2ccc(F)c(Cl)c2)n1. The Hall–Kier alpha value is -2.12. The first-order chi connectivity index (χ1) is 14.8. The van der Waals surface area contributed by atoms with Crippen molar-refractivity contribution in [3.8, 4) is 5.69 Å². The maximum absolute atomic E-state index is 13.5. The van der Waals surface area contributed by atoms with Gasteiger partial charge in [0.1, 0.15) is 22.2 Å². The molecule has 0 aliphatic carbocycles. The number of alkyl halides is 3. The maximum Gasteiger partial charge on any atom is 0.416 e. The molecule has 174 valence electrons. The second-order valence-corrected chi connectivity index (χ2v) is 7.81. The van der Waals surface area contributed by atoms with Crippen molar-refractivity contribution in [2.45, 2.75) is 38.4 Å². The van der Waals surface area contributed by atoms with Gasteiger partial charge in [-0.3, -0.25) is 9.13 Å².